The molecule has 0 bridgehead atoms. The third-order valence-corrected chi connectivity index (χ3v) is 2.46. The van der Waals surface area contributed by atoms with E-state index in [-0.39, 0.29) is 0 Å². The maximum Gasteiger partial charge on any atom is 0.120 e. The number of hydrogen-bond donors (Lipinski definition) is 0. The first-order chi connectivity index (χ1) is 5.93. The van der Waals surface area contributed by atoms with Crippen molar-refractivity contribution in [2.24, 2.45) is 0 Å². The average molecular weight is 166 g/mol. The Balaban J connectivity index is 2.26. The Kier molecular flexibility index (Phi) is 4.74. The van der Waals surface area contributed by atoms with Gasteiger partial charge in [-0.1, -0.05) is 24.5 Å². The van der Waals surface area contributed by atoms with Gasteiger partial charge in [0, 0.05) is 6.42 Å². The predicted octanol–water partition coefficient (Wildman–Crippen LogP) is 3.25. The average Bonchev–Trinajstić information content (AvgIpc) is 2.33. The van der Waals surface area contributed by atoms with Crippen LogP contribution in [-0.4, -0.2) is 6.29 Å². The summed E-state index contributed by atoms with van der Waals surface area (Å²) >= 11 is 0. The second kappa shape index (κ2) is 5.99. The van der Waals surface area contributed by atoms with E-state index in [1.807, 2.05) is 0 Å². The van der Waals surface area contributed by atoms with Gasteiger partial charge in [-0.25, -0.2) is 0 Å². The topological polar surface area (TPSA) is 17.1 Å². The van der Waals surface area contributed by atoms with Crippen molar-refractivity contribution in [2.75, 3.05) is 0 Å². The van der Waals surface area contributed by atoms with Crippen LogP contribution in [-0.2, 0) is 4.79 Å². The Morgan fingerprint density at radius 1 is 1.00 bits per heavy atom. The Morgan fingerprint density at radius 3 is 2.25 bits per heavy atom. The summed E-state index contributed by atoms with van der Waals surface area (Å²) in [5, 5.41) is 0. The number of aldehydes is 1. The van der Waals surface area contributed by atoms with Gasteiger partial charge in [-0.3, -0.25) is 0 Å². The number of carbonyl (C=O) groups excluding carboxylic acids is 1. The number of unbranched alkanes of at least 4 members (excludes halogenated alkanes) is 1. The second-order valence-electron chi connectivity index (χ2n) is 3.52. The molecule has 0 radical (unpaired) electrons. The van der Waals surface area contributed by atoms with Crippen molar-refractivity contribution < 1.29 is 4.79 Å². The first-order valence-corrected chi connectivity index (χ1v) is 5.05. The molecule has 1 aliphatic rings. The summed E-state index contributed by atoms with van der Waals surface area (Å²) in [5.74, 6) is 0. The van der Waals surface area contributed by atoms with Gasteiger partial charge in [0.1, 0.15) is 6.29 Å². The molecule has 1 heteroatoms. The molecule has 0 N–H and O–H groups in total. The Bertz CT molecular complexity index is 148. The van der Waals surface area contributed by atoms with Crippen molar-refractivity contribution in [2.45, 2.75) is 51.4 Å². The van der Waals surface area contributed by atoms with Crippen molar-refractivity contribution in [3.05, 3.63) is 11.6 Å². The van der Waals surface area contributed by atoms with Crippen molar-refractivity contribution in [1.82, 2.24) is 0 Å². The molecular weight excluding hydrogens is 148 g/mol. The molecule has 68 valence electrons. The van der Waals surface area contributed by atoms with Gasteiger partial charge in [-0.15, -0.1) is 0 Å². The van der Waals surface area contributed by atoms with Crippen LogP contribution in [0.5, 0.6) is 0 Å². The summed E-state index contributed by atoms with van der Waals surface area (Å²) in [5.41, 5.74) is 1.59. The van der Waals surface area contributed by atoms with E-state index in [9.17, 15) is 4.79 Å². The van der Waals surface area contributed by atoms with E-state index >= 15 is 0 Å². The Hall–Kier alpha value is -0.590. The smallest absolute Gasteiger partial charge is 0.120 e. The Labute approximate surface area is 74.9 Å². The summed E-state index contributed by atoms with van der Waals surface area (Å²) in [4.78, 5) is 10.1. The highest BCUT2D eigenvalue weighted by molar-refractivity contribution is 5.49. The first kappa shape index (κ1) is 9.50. The molecule has 1 rings (SSSR count). The molecule has 0 aromatic heterocycles. The predicted molar refractivity (Wildman–Crippen MR) is 51.1 cm³/mol. The van der Waals surface area contributed by atoms with Gasteiger partial charge >= 0.3 is 0 Å². The van der Waals surface area contributed by atoms with Gasteiger partial charge in [0.15, 0.2) is 0 Å². The fourth-order valence-electron chi connectivity index (χ4n) is 1.74. The molecule has 0 saturated heterocycles. The fraction of sp³-hybridized carbons (Fsp3) is 0.727. The molecule has 1 fully saturated rings. The van der Waals surface area contributed by atoms with Gasteiger partial charge in [-0.2, -0.15) is 0 Å². The summed E-state index contributed by atoms with van der Waals surface area (Å²) < 4.78 is 0. The third kappa shape index (κ3) is 3.70. The number of allylic oxidation sites excluding steroid dienone is 2. The normalized spacial score (nSPS) is 18.5. The molecule has 0 heterocycles. The van der Waals surface area contributed by atoms with Crippen LogP contribution < -0.4 is 0 Å². The van der Waals surface area contributed by atoms with Crippen molar-refractivity contribution in [3.63, 3.8) is 0 Å². The van der Waals surface area contributed by atoms with Crippen LogP contribution in [0.1, 0.15) is 51.4 Å². The van der Waals surface area contributed by atoms with Crippen LogP contribution in [0, 0.1) is 0 Å². The number of carbonyl (C=O) groups is 1. The van der Waals surface area contributed by atoms with E-state index in [1.165, 1.54) is 38.5 Å². The lowest BCUT2D eigenvalue weighted by molar-refractivity contribution is -0.107. The molecular formula is C11H18O. The molecule has 1 aliphatic carbocycles. The van der Waals surface area contributed by atoms with Gasteiger partial charge in [0.25, 0.3) is 0 Å². The maximum absolute atomic E-state index is 10.1. The Morgan fingerprint density at radius 2 is 1.67 bits per heavy atom. The molecule has 1 nitrogen and oxygen atoms in total. The molecule has 12 heavy (non-hydrogen) atoms. The van der Waals surface area contributed by atoms with E-state index in [0.717, 1.165) is 12.7 Å². The highest BCUT2D eigenvalue weighted by Gasteiger charge is 2.02. The molecule has 0 aromatic carbocycles. The molecule has 0 atom stereocenters. The van der Waals surface area contributed by atoms with E-state index in [4.69, 9.17) is 0 Å². The third-order valence-electron chi connectivity index (χ3n) is 2.46. The molecule has 0 aromatic rings. The van der Waals surface area contributed by atoms with Crippen LogP contribution in [0.2, 0.25) is 0 Å². The maximum atomic E-state index is 10.1. The van der Waals surface area contributed by atoms with Crippen LogP contribution in [0.25, 0.3) is 0 Å². The van der Waals surface area contributed by atoms with E-state index in [0.29, 0.717) is 6.42 Å². The lowest BCUT2D eigenvalue weighted by atomic mass is 10.1. The van der Waals surface area contributed by atoms with Crippen molar-refractivity contribution in [3.8, 4) is 0 Å². The zero-order chi connectivity index (χ0) is 8.65. The lowest BCUT2D eigenvalue weighted by Gasteiger charge is -2.00. The monoisotopic (exact) mass is 166 g/mol. The van der Waals surface area contributed by atoms with E-state index in [1.54, 1.807) is 5.57 Å². The number of rotatable bonds is 3. The van der Waals surface area contributed by atoms with Gasteiger partial charge < -0.3 is 4.79 Å². The summed E-state index contributed by atoms with van der Waals surface area (Å²) in [7, 11) is 0. The quantitative estimate of drug-likeness (QED) is 0.272. The van der Waals surface area contributed by atoms with Crippen molar-refractivity contribution >= 4 is 6.29 Å². The van der Waals surface area contributed by atoms with Crippen molar-refractivity contribution in [1.29, 1.82) is 0 Å². The largest absolute Gasteiger partial charge is 0.303 e. The highest BCUT2D eigenvalue weighted by Crippen LogP contribution is 2.22. The van der Waals surface area contributed by atoms with Crippen LogP contribution in [0.4, 0.5) is 0 Å². The van der Waals surface area contributed by atoms with Crippen LogP contribution in [0.15, 0.2) is 11.6 Å². The summed E-state index contributed by atoms with van der Waals surface area (Å²) in [6.07, 6.45) is 13.0. The molecule has 0 aliphatic heterocycles. The molecule has 0 spiro atoms. The van der Waals surface area contributed by atoms with Gasteiger partial charge in [0.05, 0.1) is 0 Å². The van der Waals surface area contributed by atoms with Crippen LogP contribution >= 0.6 is 0 Å². The molecule has 0 unspecified atom stereocenters. The van der Waals surface area contributed by atoms with E-state index in [2.05, 4.69) is 6.08 Å². The SMILES string of the molecule is O=CCCC=C1CCCCCC1. The minimum atomic E-state index is 0.698. The molecule has 0 amide bonds. The van der Waals surface area contributed by atoms with Gasteiger partial charge in [-0.05, 0) is 32.1 Å². The zero-order valence-electron chi connectivity index (χ0n) is 7.72. The number of hydrogen-bond acceptors (Lipinski definition) is 1. The summed E-state index contributed by atoms with van der Waals surface area (Å²) in [6, 6.07) is 0. The lowest BCUT2D eigenvalue weighted by Crippen LogP contribution is -1.81. The fourth-order valence-corrected chi connectivity index (χ4v) is 1.74. The minimum absolute atomic E-state index is 0.698. The van der Waals surface area contributed by atoms with E-state index < -0.39 is 0 Å². The summed E-state index contributed by atoms with van der Waals surface area (Å²) in [6.45, 7) is 0. The minimum Gasteiger partial charge on any atom is -0.303 e. The van der Waals surface area contributed by atoms with Crippen LogP contribution in [0.3, 0.4) is 0 Å². The highest BCUT2D eigenvalue weighted by atomic mass is 16.1. The zero-order valence-corrected chi connectivity index (χ0v) is 7.72. The first-order valence-electron chi connectivity index (χ1n) is 5.05. The standard InChI is InChI=1S/C11H18O/c12-10-6-5-9-11-7-3-1-2-4-8-11/h9-10H,1-8H2. The molecule has 1 saturated carbocycles. The second-order valence-corrected chi connectivity index (χ2v) is 3.52. The van der Waals surface area contributed by atoms with Gasteiger partial charge in [0.2, 0.25) is 0 Å².